The first-order valence-electron chi connectivity index (χ1n) is 5.63. The van der Waals surface area contributed by atoms with Crippen LogP contribution in [0.4, 0.5) is 10.6 Å². The number of aromatic nitrogens is 4. The van der Waals surface area contributed by atoms with E-state index in [9.17, 15) is 4.79 Å². The van der Waals surface area contributed by atoms with Gasteiger partial charge in [0.1, 0.15) is 17.3 Å². The molecular weight excluding hydrogens is 270 g/mol. The number of anilines is 1. The molecule has 0 saturated heterocycles. The molecule has 9 heteroatoms. The van der Waals surface area contributed by atoms with Crippen molar-refractivity contribution in [2.75, 3.05) is 32.5 Å². The molecule has 2 aromatic heterocycles. The topological polar surface area (TPSA) is 87.5 Å². The molecule has 8 nitrogen and oxygen atoms in total. The van der Waals surface area contributed by atoms with Crippen LogP contribution < -0.4 is 10.6 Å². The van der Waals surface area contributed by atoms with Crippen LogP contribution in [0.5, 0.6) is 0 Å². The van der Waals surface area contributed by atoms with E-state index in [4.69, 9.17) is 11.6 Å². The Morgan fingerprint density at radius 2 is 2.26 bits per heavy atom. The van der Waals surface area contributed by atoms with Crippen molar-refractivity contribution < 1.29 is 4.79 Å². The minimum absolute atomic E-state index is 0.138. The number of urea groups is 1. The average Bonchev–Trinajstić information content (AvgIpc) is 2.81. The summed E-state index contributed by atoms with van der Waals surface area (Å²) in [5, 5.41) is 10.2. The lowest BCUT2D eigenvalue weighted by Crippen LogP contribution is -2.37. The van der Waals surface area contributed by atoms with E-state index in [0.29, 0.717) is 29.8 Å². The molecule has 0 bridgehead atoms. The molecule has 0 aliphatic carbocycles. The van der Waals surface area contributed by atoms with E-state index in [-0.39, 0.29) is 6.03 Å². The molecule has 2 heterocycles. The van der Waals surface area contributed by atoms with Gasteiger partial charge < -0.3 is 15.5 Å². The third kappa shape index (κ3) is 3.22. The molecule has 2 rings (SSSR count). The van der Waals surface area contributed by atoms with Crippen molar-refractivity contribution in [1.82, 2.24) is 29.8 Å². The summed E-state index contributed by atoms with van der Waals surface area (Å²) in [4.78, 5) is 20.8. The lowest BCUT2D eigenvalue weighted by molar-refractivity contribution is 0.218. The molecule has 102 valence electrons. The van der Waals surface area contributed by atoms with Gasteiger partial charge in [0.15, 0.2) is 0 Å². The summed E-state index contributed by atoms with van der Waals surface area (Å²) >= 11 is 5.88. The van der Waals surface area contributed by atoms with Gasteiger partial charge in [0.05, 0.1) is 0 Å². The van der Waals surface area contributed by atoms with Crippen LogP contribution in [-0.4, -0.2) is 57.7 Å². The van der Waals surface area contributed by atoms with E-state index >= 15 is 0 Å². The van der Waals surface area contributed by atoms with E-state index in [1.54, 1.807) is 24.7 Å². The Bertz CT molecular complexity index is 582. The van der Waals surface area contributed by atoms with Gasteiger partial charge in [0.25, 0.3) is 5.78 Å². The smallest absolute Gasteiger partial charge is 0.316 e. The minimum atomic E-state index is -0.138. The highest BCUT2D eigenvalue weighted by atomic mass is 35.5. The fraction of sp³-hybridized carbons (Fsp3) is 0.400. The minimum Gasteiger partial charge on any atom is -0.368 e. The van der Waals surface area contributed by atoms with Crippen molar-refractivity contribution in [1.29, 1.82) is 0 Å². The molecule has 0 atom stereocenters. The molecule has 0 fully saturated rings. The van der Waals surface area contributed by atoms with Gasteiger partial charge in [0.2, 0.25) is 0 Å². The second kappa shape index (κ2) is 5.70. The van der Waals surface area contributed by atoms with Crippen LogP contribution in [0.1, 0.15) is 0 Å². The first-order chi connectivity index (χ1) is 9.08. The van der Waals surface area contributed by atoms with Crippen LogP contribution in [0.2, 0.25) is 5.15 Å². The average molecular weight is 284 g/mol. The van der Waals surface area contributed by atoms with Gasteiger partial charge in [-0.1, -0.05) is 11.6 Å². The summed E-state index contributed by atoms with van der Waals surface area (Å²) in [6, 6.07) is 1.51. The Kier molecular flexibility index (Phi) is 4.00. The number of carbonyl (C=O) groups is 1. The van der Waals surface area contributed by atoms with Crippen molar-refractivity contribution in [3.63, 3.8) is 0 Å². The monoisotopic (exact) mass is 283 g/mol. The fourth-order valence-corrected chi connectivity index (χ4v) is 1.61. The molecule has 2 aromatic rings. The van der Waals surface area contributed by atoms with Gasteiger partial charge in [-0.2, -0.15) is 19.6 Å². The van der Waals surface area contributed by atoms with Gasteiger partial charge in [-0.15, -0.1) is 0 Å². The molecular formula is C10H14ClN7O. The molecule has 2 N–H and O–H groups in total. The van der Waals surface area contributed by atoms with Gasteiger partial charge in [-0.25, -0.2) is 4.79 Å². The molecule has 2 amide bonds. The van der Waals surface area contributed by atoms with E-state index in [0.717, 1.165) is 0 Å². The molecule has 0 saturated carbocycles. The molecule has 0 spiro atoms. The maximum Gasteiger partial charge on any atom is 0.316 e. The van der Waals surface area contributed by atoms with E-state index in [1.807, 2.05) is 0 Å². The van der Waals surface area contributed by atoms with Crippen LogP contribution in [0.3, 0.4) is 0 Å². The Labute approximate surface area is 114 Å². The largest absolute Gasteiger partial charge is 0.368 e. The van der Waals surface area contributed by atoms with E-state index in [1.165, 1.54) is 11.2 Å². The summed E-state index contributed by atoms with van der Waals surface area (Å²) < 4.78 is 1.54. The zero-order valence-corrected chi connectivity index (χ0v) is 11.3. The first kappa shape index (κ1) is 13.3. The maximum absolute atomic E-state index is 11.3. The summed E-state index contributed by atoms with van der Waals surface area (Å²) in [7, 11) is 3.37. The molecule has 0 aliphatic heterocycles. The quantitative estimate of drug-likeness (QED) is 0.629. The van der Waals surface area contributed by atoms with Crippen LogP contribution in [0.15, 0.2) is 12.4 Å². The van der Waals surface area contributed by atoms with Crippen molar-refractivity contribution in [2.45, 2.75) is 0 Å². The van der Waals surface area contributed by atoms with Crippen molar-refractivity contribution in [2.24, 2.45) is 0 Å². The van der Waals surface area contributed by atoms with Crippen LogP contribution in [0.25, 0.3) is 5.78 Å². The molecule has 19 heavy (non-hydrogen) atoms. The van der Waals surface area contributed by atoms with Crippen LogP contribution in [0, 0.1) is 0 Å². The summed E-state index contributed by atoms with van der Waals surface area (Å²) in [5.74, 6) is 1.10. The SMILES string of the molecule is CN(C)C(=O)NCCNc1cc(Cl)nc2ncnn12. The number of amides is 2. The summed E-state index contributed by atoms with van der Waals surface area (Å²) in [6.07, 6.45) is 1.40. The lowest BCUT2D eigenvalue weighted by atomic mass is 10.5. The highest BCUT2D eigenvalue weighted by Crippen LogP contribution is 2.13. The molecule has 0 aromatic carbocycles. The zero-order valence-electron chi connectivity index (χ0n) is 10.6. The lowest BCUT2D eigenvalue weighted by Gasteiger charge is -2.12. The normalized spacial score (nSPS) is 10.5. The van der Waals surface area contributed by atoms with Gasteiger partial charge >= 0.3 is 6.03 Å². The maximum atomic E-state index is 11.3. The van der Waals surface area contributed by atoms with Gasteiger partial charge in [0, 0.05) is 33.3 Å². The predicted molar refractivity (Wildman–Crippen MR) is 71.4 cm³/mol. The van der Waals surface area contributed by atoms with E-state index < -0.39 is 0 Å². The molecule has 0 radical (unpaired) electrons. The number of hydrogen-bond acceptors (Lipinski definition) is 5. The number of hydrogen-bond donors (Lipinski definition) is 2. The Balaban J connectivity index is 1.94. The Morgan fingerprint density at radius 1 is 1.47 bits per heavy atom. The zero-order chi connectivity index (χ0) is 13.8. The van der Waals surface area contributed by atoms with Gasteiger partial charge in [-0.3, -0.25) is 0 Å². The third-order valence-corrected chi connectivity index (χ3v) is 2.53. The second-order valence-electron chi connectivity index (χ2n) is 3.99. The number of halogens is 1. The standard InChI is InChI=1S/C10H14ClN7O/c1-17(2)10(19)13-4-3-12-8-5-7(11)16-9-14-6-15-18(8)9/h5-6,12H,3-4H2,1-2H3,(H,13,19). The number of rotatable bonds is 4. The molecule has 0 aliphatic rings. The summed E-state index contributed by atoms with van der Waals surface area (Å²) in [5.41, 5.74) is 0. The van der Waals surface area contributed by atoms with Crippen molar-refractivity contribution in [3.8, 4) is 0 Å². The number of nitrogens with one attached hydrogen (secondary N) is 2. The Hall–Kier alpha value is -2.09. The van der Waals surface area contributed by atoms with E-state index in [2.05, 4.69) is 25.7 Å². The number of fused-ring (bicyclic) bond motifs is 1. The van der Waals surface area contributed by atoms with Crippen molar-refractivity contribution >= 4 is 29.2 Å². The molecule has 0 unspecified atom stereocenters. The van der Waals surface area contributed by atoms with Crippen molar-refractivity contribution in [3.05, 3.63) is 17.5 Å². The third-order valence-electron chi connectivity index (χ3n) is 2.33. The van der Waals surface area contributed by atoms with Crippen LogP contribution in [-0.2, 0) is 0 Å². The second-order valence-corrected chi connectivity index (χ2v) is 4.38. The predicted octanol–water partition coefficient (Wildman–Crippen LogP) is 0.461. The number of carbonyl (C=O) groups excluding carboxylic acids is 1. The first-order valence-corrected chi connectivity index (χ1v) is 6.01. The van der Waals surface area contributed by atoms with Gasteiger partial charge in [-0.05, 0) is 0 Å². The highest BCUT2D eigenvalue weighted by Gasteiger charge is 2.06. The Morgan fingerprint density at radius 3 is 3.00 bits per heavy atom. The fourth-order valence-electron chi connectivity index (χ4n) is 1.43. The summed E-state index contributed by atoms with van der Waals surface area (Å²) in [6.45, 7) is 1.02. The highest BCUT2D eigenvalue weighted by molar-refractivity contribution is 6.29. The van der Waals surface area contributed by atoms with Crippen LogP contribution >= 0.6 is 11.6 Å². The number of nitrogens with zero attached hydrogens (tertiary/aromatic N) is 5.